The topological polar surface area (TPSA) is 65.4 Å². The fourth-order valence-corrected chi connectivity index (χ4v) is 3.80. The molecule has 0 bridgehead atoms. The second kappa shape index (κ2) is 9.47. The predicted molar refractivity (Wildman–Crippen MR) is 105 cm³/mol. The monoisotopic (exact) mass is 357 g/mol. The molecule has 2 unspecified atom stereocenters. The zero-order chi connectivity index (χ0) is 19.1. The van der Waals surface area contributed by atoms with Crippen LogP contribution in [-0.4, -0.2) is 25.3 Å². The zero-order valence-electron chi connectivity index (χ0n) is 16.4. The van der Waals surface area contributed by atoms with Gasteiger partial charge in [0.1, 0.15) is 6.10 Å². The lowest BCUT2D eigenvalue weighted by Gasteiger charge is -2.26. The van der Waals surface area contributed by atoms with E-state index in [0.717, 1.165) is 55.7 Å². The van der Waals surface area contributed by atoms with E-state index < -0.39 is 6.09 Å². The van der Waals surface area contributed by atoms with Gasteiger partial charge in [-0.3, -0.25) is 5.32 Å². The van der Waals surface area contributed by atoms with E-state index >= 15 is 0 Å². The molecule has 1 aromatic carbocycles. The SMILES string of the molecule is CCN(CC)c1ccc(NC(=O)OC(C(C)C#N)C2CCCC2)c(C)c1. The molecule has 2 rings (SSSR count). The molecule has 1 aromatic rings. The van der Waals surface area contributed by atoms with Gasteiger partial charge in [-0.25, -0.2) is 4.79 Å². The van der Waals surface area contributed by atoms with Gasteiger partial charge in [-0.15, -0.1) is 0 Å². The van der Waals surface area contributed by atoms with Crippen molar-refractivity contribution in [3.05, 3.63) is 23.8 Å². The van der Waals surface area contributed by atoms with Crippen molar-refractivity contribution in [1.82, 2.24) is 0 Å². The van der Waals surface area contributed by atoms with Gasteiger partial charge >= 0.3 is 6.09 Å². The maximum absolute atomic E-state index is 12.4. The van der Waals surface area contributed by atoms with Crippen LogP contribution in [0.5, 0.6) is 0 Å². The van der Waals surface area contributed by atoms with Gasteiger partial charge in [0.05, 0.1) is 12.0 Å². The molecular weight excluding hydrogens is 326 g/mol. The zero-order valence-corrected chi connectivity index (χ0v) is 16.4. The van der Waals surface area contributed by atoms with Gasteiger partial charge in [-0.2, -0.15) is 5.26 Å². The van der Waals surface area contributed by atoms with Gasteiger partial charge in [0.15, 0.2) is 0 Å². The van der Waals surface area contributed by atoms with E-state index in [1.54, 1.807) is 0 Å². The Bertz CT molecular complexity index is 643. The van der Waals surface area contributed by atoms with Crippen molar-refractivity contribution in [2.45, 2.75) is 59.5 Å². The molecule has 2 atom stereocenters. The van der Waals surface area contributed by atoms with Crippen LogP contribution in [0.3, 0.4) is 0 Å². The lowest BCUT2D eigenvalue weighted by molar-refractivity contribution is 0.0522. The van der Waals surface area contributed by atoms with Crippen LogP contribution in [0.15, 0.2) is 18.2 Å². The smallest absolute Gasteiger partial charge is 0.411 e. The quantitative estimate of drug-likeness (QED) is 0.736. The van der Waals surface area contributed by atoms with E-state index in [1.165, 1.54) is 0 Å². The molecule has 5 nitrogen and oxygen atoms in total. The third kappa shape index (κ3) is 4.91. The van der Waals surface area contributed by atoms with E-state index in [0.29, 0.717) is 5.92 Å². The number of amides is 1. The normalized spacial score (nSPS) is 16.6. The van der Waals surface area contributed by atoms with E-state index in [9.17, 15) is 10.1 Å². The number of rotatable bonds is 7. The minimum absolute atomic E-state index is 0.293. The van der Waals surface area contributed by atoms with E-state index in [4.69, 9.17) is 4.74 Å². The van der Waals surface area contributed by atoms with Crippen LogP contribution in [0.1, 0.15) is 52.0 Å². The summed E-state index contributed by atoms with van der Waals surface area (Å²) >= 11 is 0. The average Bonchev–Trinajstić information content (AvgIpc) is 3.16. The number of hydrogen-bond acceptors (Lipinski definition) is 4. The third-order valence-corrected chi connectivity index (χ3v) is 5.38. The Morgan fingerprint density at radius 1 is 1.35 bits per heavy atom. The molecule has 0 aliphatic heterocycles. The van der Waals surface area contributed by atoms with E-state index in [-0.39, 0.29) is 12.0 Å². The van der Waals surface area contributed by atoms with E-state index in [1.807, 2.05) is 26.0 Å². The number of carbonyl (C=O) groups is 1. The summed E-state index contributed by atoms with van der Waals surface area (Å²) in [5.74, 6) is -0.00321. The Morgan fingerprint density at radius 2 is 2.00 bits per heavy atom. The van der Waals surface area contributed by atoms with Gasteiger partial charge in [0.25, 0.3) is 0 Å². The molecule has 1 amide bonds. The number of aryl methyl sites for hydroxylation is 1. The fourth-order valence-electron chi connectivity index (χ4n) is 3.80. The van der Waals surface area contributed by atoms with Gasteiger partial charge in [0, 0.05) is 24.5 Å². The first-order chi connectivity index (χ1) is 12.5. The van der Waals surface area contributed by atoms with E-state index in [2.05, 4.69) is 36.2 Å². The number of anilines is 2. The highest BCUT2D eigenvalue weighted by atomic mass is 16.6. The minimum atomic E-state index is -0.470. The molecule has 0 heterocycles. The lowest BCUT2D eigenvalue weighted by Crippen LogP contribution is -2.33. The lowest BCUT2D eigenvalue weighted by atomic mass is 9.91. The second-order valence-corrected chi connectivity index (χ2v) is 7.13. The summed E-state index contributed by atoms with van der Waals surface area (Å²) in [4.78, 5) is 14.7. The van der Waals surface area contributed by atoms with Crippen LogP contribution < -0.4 is 10.2 Å². The molecule has 0 radical (unpaired) electrons. The number of nitriles is 1. The molecule has 1 N–H and O–H groups in total. The number of hydrogen-bond donors (Lipinski definition) is 1. The Balaban J connectivity index is 2.05. The molecule has 142 valence electrons. The molecule has 0 spiro atoms. The molecule has 1 aliphatic rings. The maximum Gasteiger partial charge on any atom is 0.411 e. The highest BCUT2D eigenvalue weighted by Crippen LogP contribution is 2.33. The minimum Gasteiger partial charge on any atom is -0.444 e. The number of nitrogens with one attached hydrogen (secondary N) is 1. The van der Waals surface area contributed by atoms with Gasteiger partial charge in [-0.1, -0.05) is 12.8 Å². The molecule has 1 saturated carbocycles. The molecule has 5 heteroatoms. The fraction of sp³-hybridized carbons (Fsp3) is 0.619. The molecule has 1 fully saturated rings. The van der Waals surface area contributed by atoms with Crippen molar-refractivity contribution >= 4 is 17.5 Å². The second-order valence-electron chi connectivity index (χ2n) is 7.13. The summed E-state index contributed by atoms with van der Waals surface area (Å²) in [6.45, 7) is 9.96. The van der Waals surface area contributed by atoms with Gasteiger partial charge in [0.2, 0.25) is 0 Å². The average molecular weight is 357 g/mol. The van der Waals surface area contributed by atoms with Crippen molar-refractivity contribution < 1.29 is 9.53 Å². The first-order valence-electron chi connectivity index (χ1n) is 9.73. The van der Waals surface area contributed by atoms with Gasteiger partial charge in [-0.05, 0) is 70.2 Å². The number of benzene rings is 1. The highest BCUT2D eigenvalue weighted by molar-refractivity contribution is 5.86. The first kappa shape index (κ1) is 20.1. The largest absolute Gasteiger partial charge is 0.444 e. The van der Waals surface area contributed by atoms with Crippen LogP contribution in [0.2, 0.25) is 0 Å². The van der Waals surface area contributed by atoms with Crippen LogP contribution in [-0.2, 0) is 4.74 Å². The molecule has 0 aromatic heterocycles. The molecule has 0 saturated heterocycles. The number of nitrogens with zero attached hydrogens (tertiary/aromatic N) is 2. The van der Waals surface area contributed by atoms with Crippen LogP contribution in [0, 0.1) is 30.1 Å². The Labute approximate surface area is 157 Å². The van der Waals surface area contributed by atoms with Crippen molar-refractivity contribution in [3.63, 3.8) is 0 Å². The van der Waals surface area contributed by atoms with Crippen molar-refractivity contribution in [2.75, 3.05) is 23.3 Å². The third-order valence-electron chi connectivity index (χ3n) is 5.38. The van der Waals surface area contributed by atoms with Gasteiger partial charge < -0.3 is 9.64 Å². The summed E-state index contributed by atoms with van der Waals surface area (Å²) < 4.78 is 5.68. The number of ether oxygens (including phenoxy) is 1. The highest BCUT2D eigenvalue weighted by Gasteiger charge is 2.32. The molecule has 26 heavy (non-hydrogen) atoms. The van der Waals surface area contributed by atoms with Crippen molar-refractivity contribution in [3.8, 4) is 6.07 Å². The Morgan fingerprint density at radius 3 is 2.54 bits per heavy atom. The number of carbonyl (C=O) groups excluding carboxylic acids is 1. The maximum atomic E-state index is 12.4. The summed E-state index contributed by atoms with van der Waals surface area (Å²) in [6.07, 6.45) is 3.55. The summed E-state index contributed by atoms with van der Waals surface area (Å²) in [5, 5.41) is 12.1. The molecular formula is C21H31N3O2. The summed E-state index contributed by atoms with van der Waals surface area (Å²) in [6, 6.07) is 8.26. The molecule has 1 aliphatic carbocycles. The van der Waals surface area contributed by atoms with Crippen LogP contribution >= 0.6 is 0 Å². The summed E-state index contributed by atoms with van der Waals surface area (Å²) in [7, 11) is 0. The van der Waals surface area contributed by atoms with Crippen LogP contribution in [0.25, 0.3) is 0 Å². The Hall–Kier alpha value is -2.22. The first-order valence-corrected chi connectivity index (χ1v) is 9.73. The van der Waals surface area contributed by atoms with Crippen molar-refractivity contribution in [1.29, 1.82) is 5.26 Å². The summed E-state index contributed by atoms with van der Waals surface area (Å²) in [5.41, 5.74) is 2.89. The van der Waals surface area contributed by atoms with Crippen molar-refractivity contribution in [2.24, 2.45) is 11.8 Å². The Kier molecular flexibility index (Phi) is 7.32. The predicted octanol–water partition coefficient (Wildman–Crippen LogP) is 5.11. The van der Waals surface area contributed by atoms with Crippen LogP contribution in [0.4, 0.5) is 16.2 Å². The standard InChI is InChI=1S/C21H31N3O2/c1-5-24(6-2)18-11-12-19(15(3)13-18)23-21(25)26-20(16(4)14-22)17-9-7-8-10-17/h11-13,16-17,20H,5-10H2,1-4H3,(H,23,25).